The Morgan fingerprint density at radius 3 is 2.50 bits per heavy atom. The van der Waals surface area contributed by atoms with Crippen LogP contribution in [0.15, 0.2) is 0 Å². The summed E-state index contributed by atoms with van der Waals surface area (Å²) in [4.78, 5) is 11.4. The molecular weight excluding hydrogens is 208 g/mol. The van der Waals surface area contributed by atoms with Crippen molar-refractivity contribution in [3.05, 3.63) is 0 Å². The van der Waals surface area contributed by atoms with Gasteiger partial charge in [-0.3, -0.25) is 0 Å². The number of hydrogen-bond donors (Lipinski definition) is 3. The van der Waals surface area contributed by atoms with Gasteiger partial charge in [-0.25, -0.2) is 4.79 Å². The molecule has 1 amide bonds. The quantitative estimate of drug-likeness (QED) is 0.663. The molecule has 4 N–H and O–H groups in total. The number of nitrogens with two attached hydrogens (primary N) is 1. The van der Waals surface area contributed by atoms with Crippen molar-refractivity contribution < 1.29 is 14.6 Å². The molecule has 1 fully saturated rings. The minimum atomic E-state index is -0.494. The molecule has 0 aromatic carbocycles. The first-order chi connectivity index (χ1) is 7.26. The second kappa shape index (κ2) is 4.59. The second-order valence-electron chi connectivity index (χ2n) is 5.68. The molecule has 94 valence electrons. The smallest absolute Gasteiger partial charge is 0.407 e. The van der Waals surface area contributed by atoms with Crippen molar-refractivity contribution in [2.75, 3.05) is 13.2 Å². The first-order valence-electron chi connectivity index (χ1n) is 5.60. The lowest BCUT2D eigenvalue weighted by Gasteiger charge is -2.45. The Labute approximate surface area is 96.3 Å². The van der Waals surface area contributed by atoms with Gasteiger partial charge in [-0.15, -0.1) is 0 Å². The molecule has 0 aliphatic heterocycles. The van der Waals surface area contributed by atoms with Gasteiger partial charge in [0.2, 0.25) is 0 Å². The van der Waals surface area contributed by atoms with Crippen molar-refractivity contribution >= 4 is 6.09 Å². The highest BCUT2D eigenvalue weighted by Gasteiger charge is 2.42. The first kappa shape index (κ1) is 13.3. The van der Waals surface area contributed by atoms with Crippen molar-refractivity contribution in [1.82, 2.24) is 5.32 Å². The van der Waals surface area contributed by atoms with Crippen LogP contribution in [0.25, 0.3) is 0 Å². The van der Waals surface area contributed by atoms with Crippen LogP contribution in [0.5, 0.6) is 0 Å². The van der Waals surface area contributed by atoms with E-state index < -0.39 is 11.7 Å². The normalized spacial score (nSPS) is 29.4. The molecule has 0 radical (unpaired) electrons. The van der Waals surface area contributed by atoms with E-state index in [9.17, 15) is 9.90 Å². The molecule has 0 aromatic heterocycles. The van der Waals surface area contributed by atoms with Gasteiger partial charge < -0.3 is 20.9 Å². The molecule has 0 unspecified atom stereocenters. The predicted molar refractivity (Wildman–Crippen MR) is 61.0 cm³/mol. The zero-order chi connectivity index (χ0) is 12.4. The van der Waals surface area contributed by atoms with Crippen molar-refractivity contribution in [2.45, 2.75) is 45.3 Å². The molecule has 0 aromatic rings. The number of alkyl carbamates (subject to hydrolysis) is 1. The Balaban J connectivity index is 2.31. The van der Waals surface area contributed by atoms with Crippen LogP contribution in [0.4, 0.5) is 4.79 Å². The fourth-order valence-electron chi connectivity index (χ4n) is 1.96. The third kappa shape index (κ3) is 3.64. The maximum absolute atomic E-state index is 11.4. The lowest BCUT2D eigenvalue weighted by molar-refractivity contribution is 0.0171. The van der Waals surface area contributed by atoms with Gasteiger partial charge in [0.15, 0.2) is 0 Å². The van der Waals surface area contributed by atoms with E-state index in [0.717, 1.165) is 12.8 Å². The lowest BCUT2D eigenvalue weighted by atomic mass is 9.66. The standard InChI is InChI=1S/C11H22N2O3/c1-10(2,3)16-9(15)13-6-11(7-14)4-8(12)5-11/h8,14H,4-7,12H2,1-3H3,(H,13,15)/t8-,11-. The number of carbonyl (C=O) groups excluding carboxylic acids is 1. The Hall–Kier alpha value is -0.810. The van der Waals surface area contributed by atoms with Gasteiger partial charge in [0.05, 0.1) is 6.61 Å². The summed E-state index contributed by atoms with van der Waals surface area (Å²) in [5.41, 5.74) is 4.95. The third-order valence-electron chi connectivity index (χ3n) is 2.73. The number of rotatable bonds is 3. The monoisotopic (exact) mass is 230 g/mol. The maximum atomic E-state index is 11.4. The van der Waals surface area contributed by atoms with Crippen LogP contribution in [-0.4, -0.2) is 36.0 Å². The molecule has 1 aliphatic carbocycles. The average molecular weight is 230 g/mol. The van der Waals surface area contributed by atoms with Crippen LogP contribution in [0.3, 0.4) is 0 Å². The summed E-state index contributed by atoms with van der Waals surface area (Å²) < 4.78 is 5.11. The highest BCUT2D eigenvalue weighted by Crippen LogP contribution is 2.38. The Morgan fingerprint density at radius 1 is 1.56 bits per heavy atom. The molecule has 0 bridgehead atoms. The fraction of sp³-hybridized carbons (Fsp3) is 0.909. The average Bonchev–Trinajstić information content (AvgIpc) is 2.07. The number of amides is 1. The van der Waals surface area contributed by atoms with Crippen LogP contribution in [0.1, 0.15) is 33.6 Å². The fourth-order valence-corrected chi connectivity index (χ4v) is 1.96. The topological polar surface area (TPSA) is 84.6 Å². The summed E-state index contributed by atoms with van der Waals surface area (Å²) in [5, 5.41) is 11.9. The molecular formula is C11H22N2O3. The van der Waals surface area contributed by atoms with E-state index in [4.69, 9.17) is 10.5 Å². The van der Waals surface area contributed by atoms with E-state index in [0.29, 0.717) is 6.54 Å². The van der Waals surface area contributed by atoms with Gasteiger partial charge >= 0.3 is 6.09 Å². The number of hydrogen-bond acceptors (Lipinski definition) is 4. The molecule has 16 heavy (non-hydrogen) atoms. The highest BCUT2D eigenvalue weighted by atomic mass is 16.6. The number of nitrogens with one attached hydrogen (secondary N) is 1. The summed E-state index contributed by atoms with van der Waals surface area (Å²) in [6, 6.07) is 0.146. The molecule has 0 saturated heterocycles. The van der Waals surface area contributed by atoms with E-state index in [1.54, 1.807) is 0 Å². The molecule has 1 aliphatic rings. The van der Waals surface area contributed by atoms with Gasteiger partial charge in [0, 0.05) is 18.0 Å². The van der Waals surface area contributed by atoms with Crippen LogP contribution in [0, 0.1) is 5.41 Å². The van der Waals surface area contributed by atoms with E-state index >= 15 is 0 Å². The molecule has 5 heteroatoms. The van der Waals surface area contributed by atoms with E-state index in [-0.39, 0.29) is 18.1 Å². The Kier molecular flexibility index (Phi) is 3.80. The Morgan fingerprint density at radius 2 is 2.12 bits per heavy atom. The third-order valence-corrected chi connectivity index (χ3v) is 2.73. The van der Waals surface area contributed by atoms with Gasteiger partial charge in [0.1, 0.15) is 5.60 Å². The highest BCUT2D eigenvalue weighted by molar-refractivity contribution is 5.67. The minimum absolute atomic E-state index is 0.0521. The first-order valence-corrected chi connectivity index (χ1v) is 5.60. The molecule has 1 saturated carbocycles. The number of aliphatic hydroxyl groups excluding tert-OH is 1. The summed E-state index contributed by atoms with van der Waals surface area (Å²) in [5.74, 6) is 0. The number of ether oxygens (including phenoxy) is 1. The summed E-state index contributed by atoms with van der Waals surface area (Å²) >= 11 is 0. The lowest BCUT2D eigenvalue weighted by Crippen LogP contribution is -2.54. The Bertz CT molecular complexity index is 254. The van der Waals surface area contributed by atoms with Crippen LogP contribution < -0.4 is 11.1 Å². The van der Waals surface area contributed by atoms with Gasteiger partial charge in [0.25, 0.3) is 0 Å². The number of carbonyl (C=O) groups is 1. The molecule has 1 rings (SSSR count). The molecule has 5 nitrogen and oxygen atoms in total. The van der Waals surface area contributed by atoms with Crippen molar-refractivity contribution in [2.24, 2.45) is 11.1 Å². The zero-order valence-corrected chi connectivity index (χ0v) is 10.2. The van der Waals surface area contributed by atoms with Crippen LogP contribution in [-0.2, 0) is 4.74 Å². The van der Waals surface area contributed by atoms with Crippen molar-refractivity contribution in [1.29, 1.82) is 0 Å². The summed E-state index contributed by atoms with van der Waals surface area (Å²) in [7, 11) is 0. The zero-order valence-electron chi connectivity index (χ0n) is 10.2. The molecule has 0 spiro atoms. The summed E-state index contributed by atoms with van der Waals surface area (Å²) in [6.45, 7) is 5.91. The van der Waals surface area contributed by atoms with Crippen molar-refractivity contribution in [3.8, 4) is 0 Å². The van der Waals surface area contributed by atoms with Gasteiger partial charge in [-0.05, 0) is 33.6 Å². The van der Waals surface area contributed by atoms with E-state index in [1.165, 1.54) is 0 Å². The van der Waals surface area contributed by atoms with Gasteiger partial charge in [-0.2, -0.15) is 0 Å². The predicted octanol–water partition coefficient (Wildman–Crippen LogP) is 0.611. The molecule has 0 heterocycles. The summed E-state index contributed by atoms with van der Waals surface area (Å²) in [6.07, 6.45) is 1.05. The van der Waals surface area contributed by atoms with E-state index in [2.05, 4.69) is 5.32 Å². The minimum Gasteiger partial charge on any atom is -0.444 e. The maximum Gasteiger partial charge on any atom is 0.407 e. The second-order valence-corrected chi connectivity index (χ2v) is 5.68. The van der Waals surface area contributed by atoms with E-state index in [1.807, 2.05) is 20.8 Å². The largest absolute Gasteiger partial charge is 0.444 e. The van der Waals surface area contributed by atoms with Crippen molar-refractivity contribution in [3.63, 3.8) is 0 Å². The van der Waals surface area contributed by atoms with Crippen LogP contribution in [0.2, 0.25) is 0 Å². The van der Waals surface area contributed by atoms with Gasteiger partial charge in [-0.1, -0.05) is 0 Å². The van der Waals surface area contributed by atoms with Crippen LogP contribution >= 0.6 is 0 Å². The molecule has 0 atom stereocenters. The SMILES string of the molecule is CC(C)(C)OC(=O)NC[C@]1(CO)C[C@H](N)C1. The number of aliphatic hydroxyl groups is 1.